The zero-order chi connectivity index (χ0) is 13.3. The number of nitrogen functional groups attached to an aromatic ring is 1. The van der Waals surface area contributed by atoms with Gasteiger partial charge in [-0.1, -0.05) is 0 Å². The third-order valence-electron chi connectivity index (χ3n) is 2.47. The van der Waals surface area contributed by atoms with Crippen LogP contribution >= 0.6 is 0 Å². The fraction of sp³-hybridized carbons (Fsp3) is 0.0833. The summed E-state index contributed by atoms with van der Waals surface area (Å²) in [5.74, 6) is -1.81. The number of hydrogen-bond donors (Lipinski definition) is 2. The molecule has 2 aromatic rings. The van der Waals surface area contributed by atoms with E-state index in [0.717, 1.165) is 18.2 Å². The second kappa shape index (κ2) is 4.48. The number of aromatic nitrogens is 1. The number of hydrogen-bond acceptors (Lipinski definition) is 3. The largest absolute Gasteiger partial charge is 0.465 e. The summed E-state index contributed by atoms with van der Waals surface area (Å²) in [7, 11) is 1.21. The van der Waals surface area contributed by atoms with Gasteiger partial charge in [0.15, 0.2) is 0 Å². The summed E-state index contributed by atoms with van der Waals surface area (Å²) in [5, 5.41) is 0. The van der Waals surface area contributed by atoms with Gasteiger partial charge in [-0.3, -0.25) is 0 Å². The first-order chi connectivity index (χ1) is 8.52. The zero-order valence-electron chi connectivity index (χ0n) is 9.46. The highest BCUT2D eigenvalue weighted by Gasteiger charge is 2.16. The molecule has 3 N–H and O–H groups in total. The van der Waals surface area contributed by atoms with Crippen molar-refractivity contribution in [2.24, 2.45) is 0 Å². The number of anilines is 1. The van der Waals surface area contributed by atoms with E-state index in [0.29, 0.717) is 0 Å². The molecule has 4 nitrogen and oxygen atoms in total. The molecule has 0 aliphatic rings. The Labute approximate surface area is 101 Å². The molecule has 0 saturated heterocycles. The van der Waals surface area contributed by atoms with Crippen molar-refractivity contribution in [3.8, 4) is 11.3 Å². The minimum atomic E-state index is -0.646. The average Bonchev–Trinajstić information content (AvgIpc) is 2.73. The number of nitrogens with one attached hydrogen (secondary N) is 1. The number of benzene rings is 1. The molecule has 0 unspecified atom stereocenters. The molecule has 0 spiro atoms. The van der Waals surface area contributed by atoms with Crippen LogP contribution in [0.15, 0.2) is 24.3 Å². The number of rotatable bonds is 2. The van der Waals surface area contributed by atoms with Gasteiger partial charge < -0.3 is 15.5 Å². The summed E-state index contributed by atoms with van der Waals surface area (Å²) < 4.78 is 31.1. The molecule has 0 saturated carbocycles. The maximum Gasteiger partial charge on any atom is 0.341 e. The van der Waals surface area contributed by atoms with Crippen LogP contribution in [0.2, 0.25) is 0 Å². The van der Waals surface area contributed by atoms with Crippen LogP contribution in [0.25, 0.3) is 11.3 Å². The lowest BCUT2D eigenvalue weighted by Crippen LogP contribution is -2.02. The second-order valence-corrected chi connectivity index (χ2v) is 3.63. The Balaban J connectivity index is 2.52. The highest BCUT2D eigenvalue weighted by atomic mass is 19.1. The van der Waals surface area contributed by atoms with Crippen molar-refractivity contribution in [2.45, 2.75) is 0 Å². The first-order valence-corrected chi connectivity index (χ1v) is 5.05. The SMILES string of the molecule is COC(=O)c1cc(-c2cc(F)ccc2F)[nH]c1N. The van der Waals surface area contributed by atoms with Crippen LogP contribution in [0.4, 0.5) is 14.6 Å². The summed E-state index contributed by atoms with van der Waals surface area (Å²) in [6, 6.07) is 4.34. The number of methoxy groups -OCH3 is 1. The number of H-pyrrole nitrogens is 1. The molecule has 1 heterocycles. The number of halogens is 2. The maximum atomic E-state index is 13.5. The summed E-state index contributed by atoms with van der Waals surface area (Å²) in [6.45, 7) is 0. The fourth-order valence-electron chi connectivity index (χ4n) is 1.60. The Hall–Kier alpha value is -2.37. The molecule has 94 valence electrons. The molecule has 0 atom stereocenters. The van der Waals surface area contributed by atoms with Crippen molar-refractivity contribution in [3.63, 3.8) is 0 Å². The molecular formula is C12H10F2N2O2. The molecule has 0 fully saturated rings. The Morgan fingerprint density at radius 1 is 1.33 bits per heavy atom. The van der Waals surface area contributed by atoms with Crippen LogP contribution in [0.5, 0.6) is 0 Å². The fourth-order valence-corrected chi connectivity index (χ4v) is 1.60. The Kier molecular flexibility index (Phi) is 3.01. The van der Waals surface area contributed by atoms with Crippen molar-refractivity contribution < 1.29 is 18.3 Å². The van der Waals surface area contributed by atoms with Crippen molar-refractivity contribution in [1.82, 2.24) is 4.98 Å². The molecular weight excluding hydrogens is 242 g/mol. The van der Waals surface area contributed by atoms with Crippen molar-refractivity contribution in [3.05, 3.63) is 41.5 Å². The number of aromatic amines is 1. The van der Waals surface area contributed by atoms with E-state index in [1.807, 2.05) is 0 Å². The Bertz CT molecular complexity index is 608. The predicted molar refractivity (Wildman–Crippen MR) is 61.9 cm³/mol. The Morgan fingerprint density at radius 3 is 2.72 bits per heavy atom. The van der Waals surface area contributed by atoms with Gasteiger partial charge in [0, 0.05) is 5.56 Å². The average molecular weight is 252 g/mol. The van der Waals surface area contributed by atoms with Crippen molar-refractivity contribution in [1.29, 1.82) is 0 Å². The lowest BCUT2D eigenvalue weighted by Gasteiger charge is -2.00. The summed E-state index contributed by atoms with van der Waals surface area (Å²) in [6.07, 6.45) is 0. The van der Waals surface area contributed by atoms with Crippen LogP contribution in [0.1, 0.15) is 10.4 Å². The minimum Gasteiger partial charge on any atom is -0.465 e. The van der Waals surface area contributed by atoms with Gasteiger partial charge in [0.25, 0.3) is 0 Å². The molecule has 0 aliphatic heterocycles. The molecule has 0 radical (unpaired) electrons. The third kappa shape index (κ3) is 2.04. The summed E-state index contributed by atoms with van der Waals surface area (Å²) >= 11 is 0. The first-order valence-electron chi connectivity index (χ1n) is 5.05. The lowest BCUT2D eigenvalue weighted by molar-refractivity contribution is 0.0602. The standard InChI is InChI=1S/C12H10F2N2O2/c1-18-12(17)8-5-10(16-11(8)15)7-4-6(13)2-3-9(7)14/h2-5,16H,15H2,1H3. The van der Waals surface area contributed by atoms with Gasteiger partial charge in [-0.25, -0.2) is 13.6 Å². The van der Waals surface area contributed by atoms with Gasteiger partial charge in [-0.2, -0.15) is 0 Å². The Morgan fingerprint density at radius 2 is 2.06 bits per heavy atom. The highest BCUT2D eigenvalue weighted by molar-refractivity contribution is 5.96. The van der Waals surface area contributed by atoms with Gasteiger partial charge in [0.05, 0.1) is 12.8 Å². The molecule has 1 aromatic heterocycles. The van der Waals surface area contributed by atoms with Crippen LogP contribution in [-0.2, 0) is 4.74 Å². The minimum absolute atomic E-state index is 0.00291. The van der Waals surface area contributed by atoms with E-state index < -0.39 is 17.6 Å². The normalized spacial score (nSPS) is 10.4. The molecule has 18 heavy (non-hydrogen) atoms. The van der Waals surface area contributed by atoms with Gasteiger partial charge in [-0.15, -0.1) is 0 Å². The van der Waals surface area contributed by atoms with E-state index in [-0.39, 0.29) is 22.6 Å². The van der Waals surface area contributed by atoms with Crippen LogP contribution in [0.3, 0.4) is 0 Å². The van der Waals surface area contributed by atoms with Gasteiger partial charge >= 0.3 is 5.97 Å². The van der Waals surface area contributed by atoms with E-state index in [2.05, 4.69) is 9.72 Å². The van der Waals surface area contributed by atoms with E-state index in [1.54, 1.807) is 0 Å². The van der Waals surface area contributed by atoms with Crippen LogP contribution in [-0.4, -0.2) is 18.1 Å². The van der Waals surface area contributed by atoms with Crippen molar-refractivity contribution >= 4 is 11.8 Å². The molecule has 2 rings (SSSR count). The summed E-state index contributed by atoms with van der Waals surface area (Å²) in [4.78, 5) is 14.0. The van der Waals surface area contributed by atoms with Crippen LogP contribution < -0.4 is 5.73 Å². The molecule has 6 heteroatoms. The van der Waals surface area contributed by atoms with Gasteiger partial charge in [-0.05, 0) is 24.3 Å². The summed E-state index contributed by atoms with van der Waals surface area (Å²) in [5.41, 5.74) is 5.86. The predicted octanol–water partition coefficient (Wildman–Crippen LogP) is 2.33. The molecule has 0 bridgehead atoms. The molecule has 0 aliphatic carbocycles. The van der Waals surface area contributed by atoms with Crippen LogP contribution in [0, 0.1) is 11.6 Å². The highest BCUT2D eigenvalue weighted by Crippen LogP contribution is 2.26. The lowest BCUT2D eigenvalue weighted by atomic mass is 10.1. The number of ether oxygens (including phenoxy) is 1. The van der Waals surface area contributed by atoms with E-state index in [1.165, 1.54) is 13.2 Å². The third-order valence-corrected chi connectivity index (χ3v) is 2.47. The number of carbonyl (C=O) groups excluding carboxylic acids is 1. The number of esters is 1. The van der Waals surface area contributed by atoms with Gasteiger partial charge in [0.1, 0.15) is 23.0 Å². The van der Waals surface area contributed by atoms with E-state index >= 15 is 0 Å². The monoisotopic (exact) mass is 252 g/mol. The van der Waals surface area contributed by atoms with Crippen molar-refractivity contribution in [2.75, 3.05) is 12.8 Å². The number of carbonyl (C=O) groups is 1. The maximum absolute atomic E-state index is 13.5. The number of nitrogens with two attached hydrogens (primary N) is 1. The van der Waals surface area contributed by atoms with E-state index in [9.17, 15) is 13.6 Å². The van der Waals surface area contributed by atoms with E-state index in [4.69, 9.17) is 5.73 Å². The van der Waals surface area contributed by atoms with Gasteiger partial charge in [0.2, 0.25) is 0 Å². The topological polar surface area (TPSA) is 68.1 Å². The quantitative estimate of drug-likeness (QED) is 0.806. The second-order valence-electron chi connectivity index (χ2n) is 3.63. The first kappa shape index (κ1) is 12.1. The zero-order valence-corrected chi connectivity index (χ0v) is 9.46. The molecule has 0 amide bonds. The molecule has 1 aromatic carbocycles. The smallest absolute Gasteiger partial charge is 0.341 e.